The van der Waals surface area contributed by atoms with Gasteiger partial charge < -0.3 is 14.5 Å². The Bertz CT molecular complexity index is 356. The predicted molar refractivity (Wildman–Crippen MR) is 79.8 cm³/mol. The van der Waals surface area contributed by atoms with Crippen LogP contribution in [-0.4, -0.2) is 67.8 Å². The lowest BCUT2D eigenvalue weighted by Gasteiger charge is -2.22. The van der Waals surface area contributed by atoms with Crippen molar-refractivity contribution in [3.05, 3.63) is 16.6 Å². The van der Waals surface area contributed by atoms with E-state index < -0.39 is 0 Å². The van der Waals surface area contributed by atoms with E-state index in [1.165, 1.54) is 17.8 Å². The first kappa shape index (κ1) is 14.9. The van der Waals surface area contributed by atoms with Crippen LogP contribution in [0, 0.1) is 0 Å². The van der Waals surface area contributed by atoms with Gasteiger partial charge in [0.1, 0.15) is 0 Å². The maximum Gasteiger partial charge on any atom is 0.0950 e. The Morgan fingerprint density at radius 2 is 2.05 bits per heavy atom. The highest BCUT2D eigenvalue weighted by Gasteiger charge is 2.26. The van der Waals surface area contributed by atoms with Crippen LogP contribution in [0.3, 0.4) is 0 Å². The molecule has 0 radical (unpaired) electrons. The second kappa shape index (κ2) is 7.33. The molecule has 2 heterocycles. The molecule has 0 saturated carbocycles. The van der Waals surface area contributed by atoms with Gasteiger partial charge in [0, 0.05) is 37.6 Å². The van der Waals surface area contributed by atoms with E-state index in [9.17, 15) is 0 Å². The molecule has 1 saturated heterocycles. The Balaban J connectivity index is 1.67. The zero-order valence-electron chi connectivity index (χ0n) is 12.2. The number of likely N-dealkylation sites (N-methyl/N-ethyl adjacent to an activating group) is 2. The van der Waals surface area contributed by atoms with E-state index in [1.54, 1.807) is 11.3 Å². The van der Waals surface area contributed by atoms with Gasteiger partial charge in [-0.2, -0.15) is 0 Å². The van der Waals surface area contributed by atoms with Crippen LogP contribution in [0.25, 0.3) is 0 Å². The third kappa shape index (κ3) is 5.18. The van der Waals surface area contributed by atoms with Crippen LogP contribution in [-0.2, 0) is 11.2 Å². The first-order valence-corrected chi connectivity index (χ1v) is 7.88. The summed E-state index contributed by atoms with van der Waals surface area (Å²) in [6.07, 6.45) is 5.99. The molecule has 1 aromatic heterocycles. The fourth-order valence-electron chi connectivity index (χ4n) is 2.42. The number of nitrogens with zero attached hydrogens (tertiary/aromatic N) is 3. The van der Waals surface area contributed by atoms with Crippen molar-refractivity contribution < 1.29 is 4.74 Å². The minimum Gasteiger partial charge on any atom is -0.373 e. The molecule has 108 valence electrons. The summed E-state index contributed by atoms with van der Waals surface area (Å²) >= 11 is 1.73. The molecule has 1 aromatic rings. The van der Waals surface area contributed by atoms with Gasteiger partial charge in [0.05, 0.1) is 17.2 Å². The van der Waals surface area contributed by atoms with Gasteiger partial charge in [-0.05, 0) is 34.0 Å². The zero-order valence-corrected chi connectivity index (χ0v) is 13.0. The van der Waals surface area contributed by atoms with Gasteiger partial charge in [-0.15, -0.1) is 11.3 Å². The number of aromatic nitrogens is 1. The summed E-state index contributed by atoms with van der Waals surface area (Å²) in [4.78, 5) is 8.93. The van der Waals surface area contributed by atoms with E-state index in [-0.39, 0.29) is 0 Å². The average Bonchev–Trinajstić information content (AvgIpc) is 2.99. The Hall–Kier alpha value is -0.490. The highest BCUT2D eigenvalue weighted by molar-refractivity contribution is 7.09. The molecule has 0 unspecified atom stereocenters. The monoisotopic (exact) mass is 283 g/mol. The van der Waals surface area contributed by atoms with E-state index in [1.807, 2.05) is 11.6 Å². The molecule has 0 aliphatic carbocycles. The van der Waals surface area contributed by atoms with Crippen molar-refractivity contribution in [2.24, 2.45) is 0 Å². The van der Waals surface area contributed by atoms with E-state index in [0.29, 0.717) is 12.2 Å². The summed E-state index contributed by atoms with van der Waals surface area (Å²) in [7, 11) is 6.41. The fourth-order valence-corrected chi connectivity index (χ4v) is 3.11. The van der Waals surface area contributed by atoms with Gasteiger partial charge in [-0.1, -0.05) is 0 Å². The summed E-state index contributed by atoms with van der Waals surface area (Å²) in [5, 5.41) is 3.24. The summed E-state index contributed by atoms with van der Waals surface area (Å²) < 4.78 is 6.12. The highest BCUT2D eigenvalue weighted by atomic mass is 32.1. The Kier molecular flexibility index (Phi) is 5.76. The molecule has 1 aliphatic heterocycles. The van der Waals surface area contributed by atoms with Crippen LogP contribution in [0.2, 0.25) is 0 Å². The van der Waals surface area contributed by atoms with Crippen LogP contribution in [0.5, 0.6) is 0 Å². The molecular formula is C14H25N3OS. The Morgan fingerprint density at radius 3 is 2.74 bits per heavy atom. The molecule has 4 nitrogen and oxygen atoms in total. The maximum atomic E-state index is 6.12. The molecule has 0 bridgehead atoms. The SMILES string of the molecule is CN(C)CCN(C)C[C@H]1CC[C@@H](Cc2nccs2)O1. The molecule has 2 rings (SSSR count). The van der Waals surface area contributed by atoms with Crippen LogP contribution in [0.15, 0.2) is 11.6 Å². The van der Waals surface area contributed by atoms with Crippen molar-refractivity contribution in [2.45, 2.75) is 31.5 Å². The number of hydrogen-bond acceptors (Lipinski definition) is 5. The van der Waals surface area contributed by atoms with Crippen LogP contribution >= 0.6 is 11.3 Å². The molecule has 5 heteroatoms. The lowest BCUT2D eigenvalue weighted by atomic mass is 10.1. The van der Waals surface area contributed by atoms with Gasteiger partial charge in [0.15, 0.2) is 0 Å². The van der Waals surface area contributed by atoms with Gasteiger partial charge >= 0.3 is 0 Å². The topological polar surface area (TPSA) is 28.6 Å². The Morgan fingerprint density at radius 1 is 1.26 bits per heavy atom. The third-order valence-corrected chi connectivity index (χ3v) is 4.33. The minimum absolute atomic E-state index is 0.374. The van der Waals surface area contributed by atoms with Crippen LogP contribution in [0.1, 0.15) is 17.8 Å². The largest absolute Gasteiger partial charge is 0.373 e. The lowest BCUT2D eigenvalue weighted by Crippen LogP contribution is -2.34. The van der Waals surface area contributed by atoms with Crippen molar-refractivity contribution >= 4 is 11.3 Å². The maximum absolute atomic E-state index is 6.12. The molecule has 0 spiro atoms. The smallest absolute Gasteiger partial charge is 0.0950 e. The molecule has 0 N–H and O–H groups in total. The van der Waals surface area contributed by atoms with Gasteiger partial charge in [0.25, 0.3) is 0 Å². The van der Waals surface area contributed by atoms with E-state index in [0.717, 1.165) is 26.1 Å². The molecule has 19 heavy (non-hydrogen) atoms. The second-order valence-electron chi connectivity index (χ2n) is 5.65. The number of rotatable bonds is 7. The van der Waals surface area contributed by atoms with Crippen molar-refractivity contribution in [2.75, 3.05) is 40.8 Å². The van der Waals surface area contributed by atoms with Crippen molar-refractivity contribution in [3.63, 3.8) is 0 Å². The molecular weight excluding hydrogens is 258 g/mol. The van der Waals surface area contributed by atoms with Crippen molar-refractivity contribution in [1.82, 2.24) is 14.8 Å². The zero-order chi connectivity index (χ0) is 13.7. The summed E-state index contributed by atoms with van der Waals surface area (Å²) in [6.45, 7) is 3.25. The van der Waals surface area contributed by atoms with Gasteiger partial charge in [-0.25, -0.2) is 4.98 Å². The quantitative estimate of drug-likeness (QED) is 0.762. The van der Waals surface area contributed by atoms with E-state index in [2.05, 4.69) is 35.9 Å². The minimum atomic E-state index is 0.374. The van der Waals surface area contributed by atoms with Crippen molar-refractivity contribution in [3.8, 4) is 0 Å². The highest BCUT2D eigenvalue weighted by Crippen LogP contribution is 2.24. The third-order valence-electron chi connectivity index (χ3n) is 3.53. The molecule has 0 aromatic carbocycles. The first-order chi connectivity index (χ1) is 9.13. The predicted octanol–water partition coefficient (Wildman–Crippen LogP) is 1.73. The molecule has 1 fully saturated rings. The van der Waals surface area contributed by atoms with Gasteiger partial charge in [-0.3, -0.25) is 0 Å². The number of hydrogen-bond donors (Lipinski definition) is 0. The molecule has 0 amide bonds. The summed E-state index contributed by atoms with van der Waals surface area (Å²) in [5.74, 6) is 0. The normalized spacial score (nSPS) is 23.6. The van der Waals surface area contributed by atoms with Crippen LogP contribution in [0.4, 0.5) is 0 Å². The Labute approximate surface area is 120 Å². The molecule has 1 aliphatic rings. The second-order valence-corrected chi connectivity index (χ2v) is 6.63. The standard InChI is InChI=1S/C14H25N3OS/c1-16(2)7-8-17(3)11-13-5-4-12(18-13)10-14-15-6-9-19-14/h6,9,12-13H,4-5,7-8,10-11H2,1-3H3/t12-,13+/m0/s1. The van der Waals surface area contributed by atoms with Crippen LogP contribution < -0.4 is 0 Å². The summed E-state index contributed by atoms with van der Waals surface area (Å²) in [6, 6.07) is 0. The van der Waals surface area contributed by atoms with E-state index in [4.69, 9.17) is 4.74 Å². The summed E-state index contributed by atoms with van der Waals surface area (Å²) in [5.41, 5.74) is 0. The average molecular weight is 283 g/mol. The molecule has 2 atom stereocenters. The number of ether oxygens (including phenoxy) is 1. The van der Waals surface area contributed by atoms with E-state index >= 15 is 0 Å². The van der Waals surface area contributed by atoms with Crippen molar-refractivity contribution in [1.29, 1.82) is 0 Å². The first-order valence-electron chi connectivity index (χ1n) is 7.00. The lowest BCUT2D eigenvalue weighted by molar-refractivity contribution is 0.0271. The van der Waals surface area contributed by atoms with Gasteiger partial charge in [0.2, 0.25) is 0 Å². The fraction of sp³-hybridized carbons (Fsp3) is 0.786. The number of thiazole rings is 1.